The van der Waals surface area contributed by atoms with Crippen LogP contribution in [0.4, 0.5) is 5.69 Å². The van der Waals surface area contributed by atoms with Gasteiger partial charge in [-0.05, 0) is 31.5 Å². The maximum atomic E-state index is 5.68. The fourth-order valence-corrected chi connectivity index (χ4v) is 1.85. The summed E-state index contributed by atoms with van der Waals surface area (Å²) in [6.45, 7) is 3.94. The zero-order chi connectivity index (χ0) is 9.68. The largest absolute Gasteiger partial charge is 0.399 e. The summed E-state index contributed by atoms with van der Waals surface area (Å²) < 4.78 is 0. The van der Waals surface area contributed by atoms with Crippen molar-refractivity contribution in [2.75, 3.05) is 11.5 Å². The molecule has 0 radical (unpaired) electrons. The Balaban J connectivity index is 2.73. The molecule has 0 aromatic heterocycles. The number of benzene rings is 1. The van der Waals surface area contributed by atoms with E-state index >= 15 is 0 Å². The van der Waals surface area contributed by atoms with Gasteiger partial charge >= 0.3 is 0 Å². The summed E-state index contributed by atoms with van der Waals surface area (Å²) in [6.07, 6.45) is 0. The molecule has 1 aromatic carbocycles. The van der Waals surface area contributed by atoms with E-state index < -0.39 is 0 Å². The Labute approximate surface area is 83.7 Å². The summed E-state index contributed by atoms with van der Waals surface area (Å²) in [4.78, 5) is 1.22. The van der Waals surface area contributed by atoms with E-state index in [1.807, 2.05) is 25.1 Å². The van der Waals surface area contributed by atoms with Crippen LogP contribution in [0, 0.1) is 18.8 Å². The second-order valence-corrected chi connectivity index (χ2v) is 3.76. The van der Waals surface area contributed by atoms with Gasteiger partial charge in [0, 0.05) is 10.6 Å². The molecule has 0 saturated heterocycles. The van der Waals surface area contributed by atoms with Crippen molar-refractivity contribution in [3.8, 4) is 11.8 Å². The number of thioether (sulfide) groups is 1. The van der Waals surface area contributed by atoms with Crippen LogP contribution in [0.1, 0.15) is 12.5 Å². The van der Waals surface area contributed by atoms with Crippen molar-refractivity contribution in [2.24, 2.45) is 0 Å². The lowest BCUT2D eigenvalue weighted by Gasteiger charge is -2.03. The minimum absolute atomic E-state index is 0.817. The average molecular weight is 191 g/mol. The van der Waals surface area contributed by atoms with Gasteiger partial charge in [0.05, 0.1) is 5.75 Å². The monoisotopic (exact) mass is 191 g/mol. The van der Waals surface area contributed by atoms with Crippen molar-refractivity contribution in [3.63, 3.8) is 0 Å². The molecule has 68 valence electrons. The van der Waals surface area contributed by atoms with E-state index in [0.29, 0.717) is 0 Å². The lowest BCUT2D eigenvalue weighted by atomic mass is 10.2. The Kier molecular flexibility index (Phi) is 3.72. The Bertz CT molecular complexity index is 347. The maximum Gasteiger partial charge on any atom is 0.0594 e. The van der Waals surface area contributed by atoms with E-state index in [9.17, 15) is 0 Å². The highest BCUT2D eigenvalue weighted by Gasteiger charge is 1.97. The van der Waals surface area contributed by atoms with Crippen LogP contribution in [0.5, 0.6) is 0 Å². The molecule has 0 atom stereocenters. The molecular formula is C11H13NS. The Morgan fingerprint density at radius 1 is 1.46 bits per heavy atom. The van der Waals surface area contributed by atoms with Crippen LogP contribution in [0.3, 0.4) is 0 Å². The summed E-state index contributed by atoms with van der Waals surface area (Å²) in [5.41, 5.74) is 7.76. The molecule has 0 aliphatic carbocycles. The average Bonchev–Trinajstić information content (AvgIpc) is 2.11. The van der Waals surface area contributed by atoms with Gasteiger partial charge in [-0.1, -0.05) is 12.0 Å². The molecular weight excluding hydrogens is 178 g/mol. The molecule has 0 bridgehead atoms. The van der Waals surface area contributed by atoms with E-state index in [1.54, 1.807) is 11.8 Å². The van der Waals surface area contributed by atoms with Crippen LogP contribution in [-0.2, 0) is 0 Å². The van der Waals surface area contributed by atoms with Crippen LogP contribution < -0.4 is 5.73 Å². The summed E-state index contributed by atoms with van der Waals surface area (Å²) in [5.74, 6) is 6.72. The van der Waals surface area contributed by atoms with E-state index in [1.165, 1.54) is 10.5 Å². The van der Waals surface area contributed by atoms with E-state index in [2.05, 4.69) is 18.8 Å². The number of hydrogen-bond acceptors (Lipinski definition) is 2. The SMILES string of the molecule is CC#CCSc1cc(N)ccc1C. The molecule has 0 heterocycles. The first kappa shape index (κ1) is 10.0. The standard InChI is InChI=1S/C11H13NS/c1-3-4-7-13-11-8-10(12)6-5-9(11)2/h5-6,8H,7,12H2,1-2H3. The van der Waals surface area contributed by atoms with Crippen LogP contribution in [0.25, 0.3) is 0 Å². The van der Waals surface area contributed by atoms with Gasteiger partial charge < -0.3 is 5.73 Å². The van der Waals surface area contributed by atoms with Gasteiger partial charge in [-0.3, -0.25) is 0 Å². The van der Waals surface area contributed by atoms with Crippen LogP contribution >= 0.6 is 11.8 Å². The molecule has 13 heavy (non-hydrogen) atoms. The second-order valence-electron chi connectivity index (χ2n) is 2.74. The van der Waals surface area contributed by atoms with Gasteiger partial charge in [-0.2, -0.15) is 0 Å². The lowest BCUT2D eigenvalue weighted by molar-refractivity contribution is 1.31. The van der Waals surface area contributed by atoms with Crippen molar-refractivity contribution >= 4 is 17.4 Å². The minimum atomic E-state index is 0.817. The number of anilines is 1. The Morgan fingerprint density at radius 3 is 2.92 bits per heavy atom. The number of rotatable bonds is 2. The van der Waals surface area contributed by atoms with Crippen LogP contribution in [-0.4, -0.2) is 5.75 Å². The molecule has 0 aliphatic heterocycles. The van der Waals surface area contributed by atoms with Crippen LogP contribution in [0.2, 0.25) is 0 Å². The lowest BCUT2D eigenvalue weighted by Crippen LogP contribution is -1.87. The first-order chi connectivity index (χ1) is 6.24. The fourth-order valence-electron chi connectivity index (χ4n) is 0.958. The number of hydrogen-bond donors (Lipinski definition) is 1. The molecule has 2 heteroatoms. The third-order valence-corrected chi connectivity index (χ3v) is 2.73. The fraction of sp³-hybridized carbons (Fsp3) is 0.273. The van der Waals surface area contributed by atoms with Crippen molar-refractivity contribution in [3.05, 3.63) is 23.8 Å². The smallest absolute Gasteiger partial charge is 0.0594 e. The predicted molar refractivity (Wildman–Crippen MR) is 59.8 cm³/mol. The Hall–Kier alpha value is -1.07. The topological polar surface area (TPSA) is 26.0 Å². The molecule has 1 aromatic rings. The quantitative estimate of drug-likeness (QED) is 0.442. The van der Waals surface area contributed by atoms with Crippen molar-refractivity contribution in [1.29, 1.82) is 0 Å². The molecule has 1 nitrogen and oxygen atoms in total. The van der Waals surface area contributed by atoms with E-state index in [4.69, 9.17) is 5.73 Å². The van der Waals surface area contributed by atoms with E-state index in [0.717, 1.165) is 11.4 Å². The highest BCUT2D eigenvalue weighted by Crippen LogP contribution is 2.23. The van der Waals surface area contributed by atoms with Crippen LogP contribution in [0.15, 0.2) is 23.1 Å². The number of nitrogen functional groups attached to an aromatic ring is 1. The normalized spacial score (nSPS) is 9.08. The second kappa shape index (κ2) is 4.84. The zero-order valence-corrected chi connectivity index (χ0v) is 8.74. The molecule has 0 spiro atoms. The van der Waals surface area contributed by atoms with Gasteiger partial charge in [0.15, 0.2) is 0 Å². The third-order valence-electron chi connectivity index (χ3n) is 1.69. The van der Waals surface area contributed by atoms with Crippen molar-refractivity contribution in [2.45, 2.75) is 18.7 Å². The first-order valence-electron chi connectivity index (χ1n) is 4.12. The Morgan fingerprint density at radius 2 is 2.23 bits per heavy atom. The van der Waals surface area contributed by atoms with E-state index in [-0.39, 0.29) is 0 Å². The minimum Gasteiger partial charge on any atom is -0.399 e. The highest BCUT2D eigenvalue weighted by molar-refractivity contribution is 7.99. The zero-order valence-electron chi connectivity index (χ0n) is 7.92. The summed E-state index contributed by atoms with van der Waals surface area (Å²) >= 11 is 1.73. The summed E-state index contributed by atoms with van der Waals surface area (Å²) in [5, 5.41) is 0. The molecule has 0 saturated carbocycles. The summed E-state index contributed by atoms with van der Waals surface area (Å²) in [6, 6.07) is 5.96. The third kappa shape index (κ3) is 3.04. The predicted octanol–water partition coefficient (Wildman–Crippen LogP) is 2.69. The molecule has 1 rings (SSSR count). The maximum absolute atomic E-state index is 5.68. The summed E-state index contributed by atoms with van der Waals surface area (Å²) in [7, 11) is 0. The van der Waals surface area contributed by atoms with Gasteiger partial charge in [0.25, 0.3) is 0 Å². The highest BCUT2D eigenvalue weighted by atomic mass is 32.2. The van der Waals surface area contributed by atoms with Crippen molar-refractivity contribution in [1.82, 2.24) is 0 Å². The molecule has 0 aliphatic rings. The van der Waals surface area contributed by atoms with Gasteiger partial charge in [-0.15, -0.1) is 17.7 Å². The molecule has 0 amide bonds. The van der Waals surface area contributed by atoms with Gasteiger partial charge in [0.2, 0.25) is 0 Å². The molecule has 2 N–H and O–H groups in total. The molecule has 0 fully saturated rings. The van der Waals surface area contributed by atoms with Crippen molar-refractivity contribution < 1.29 is 0 Å². The van der Waals surface area contributed by atoms with Gasteiger partial charge in [-0.25, -0.2) is 0 Å². The number of nitrogens with two attached hydrogens (primary N) is 1. The van der Waals surface area contributed by atoms with Gasteiger partial charge in [0.1, 0.15) is 0 Å². The number of aryl methyl sites for hydroxylation is 1. The molecule has 0 unspecified atom stereocenters. The first-order valence-corrected chi connectivity index (χ1v) is 5.11.